The predicted octanol–water partition coefficient (Wildman–Crippen LogP) is 3.54. The van der Waals surface area contributed by atoms with Crippen molar-refractivity contribution in [3.63, 3.8) is 0 Å². The Labute approximate surface area is 117 Å². The SMILES string of the molecule is CN(Cc1occc1CNC(C)(C)C)C1CCCC1. The van der Waals surface area contributed by atoms with Crippen molar-refractivity contribution in [1.29, 1.82) is 0 Å². The first kappa shape index (κ1) is 14.6. The van der Waals surface area contributed by atoms with Gasteiger partial charge in [0.1, 0.15) is 5.76 Å². The molecule has 1 aromatic heterocycles. The first-order chi connectivity index (χ1) is 8.96. The lowest BCUT2D eigenvalue weighted by Crippen LogP contribution is -2.35. The van der Waals surface area contributed by atoms with E-state index in [1.807, 2.05) is 6.26 Å². The molecule has 0 radical (unpaired) electrons. The van der Waals surface area contributed by atoms with Crippen LogP contribution >= 0.6 is 0 Å². The minimum atomic E-state index is 0.145. The van der Waals surface area contributed by atoms with Crippen LogP contribution in [-0.2, 0) is 13.1 Å². The molecule has 0 bridgehead atoms. The van der Waals surface area contributed by atoms with Crippen LogP contribution in [0, 0.1) is 0 Å². The van der Waals surface area contributed by atoms with Crippen LogP contribution in [0.4, 0.5) is 0 Å². The summed E-state index contributed by atoms with van der Waals surface area (Å²) in [6.07, 6.45) is 7.26. The Morgan fingerprint density at radius 3 is 2.63 bits per heavy atom. The lowest BCUT2D eigenvalue weighted by molar-refractivity contribution is 0.218. The van der Waals surface area contributed by atoms with Crippen molar-refractivity contribution in [2.24, 2.45) is 0 Å². The number of nitrogens with zero attached hydrogens (tertiary/aromatic N) is 1. The summed E-state index contributed by atoms with van der Waals surface area (Å²) in [7, 11) is 2.22. The molecule has 0 aromatic carbocycles. The second-order valence-electron chi connectivity index (χ2n) is 6.83. The van der Waals surface area contributed by atoms with Crippen molar-refractivity contribution in [2.75, 3.05) is 7.05 Å². The molecule has 1 fully saturated rings. The quantitative estimate of drug-likeness (QED) is 0.881. The maximum atomic E-state index is 5.68. The van der Waals surface area contributed by atoms with Crippen LogP contribution in [0.25, 0.3) is 0 Å². The molecule has 0 atom stereocenters. The van der Waals surface area contributed by atoms with E-state index in [4.69, 9.17) is 4.42 Å². The molecule has 3 nitrogen and oxygen atoms in total. The van der Waals surface area contributed by atoms with Gasteiger partial charge in [-0.05, 0) is 46.7 Å². The molecule has 19 heavy (non-hydrogen) atoms. The summed E-state index contributed by atoms with van der Waals surface area (Å²) in [6.45, 7) is 8.39. The minimum absolute atomic E-state index is 0.145. The van der Waals surface area contributed by atoms with Crippen molar-refractivity contribution in [1.82, 2.24) is 10.2 Å². The molecular formula is C16H28N2O. The predicted molar refractivity (Wildman–Crippen MR) is 79.0 cm³/mol. The lowest BCUT2D eigenvalue weighted by atomic mass is 10.1. The summed E-state index contributed by atoms with van der Waals surface area (Å²) in [5, 5.41) is 3.53. The monoisotopic (exact) mass is 264 g/mol. The van der Waals surface area contributed by atoms with Crippen LogP contribution in [0.1, 0.15) is 57.8 Å². The number of hydrogen-bond acceptors (Lipinski definition) is 3. The highest BCUT2D eigenvalue weighted by Crippen LogP contribution is 2.24. The molecule has 1 heterocycles. The van der Waals surface area contributed by atoms with Gasteiger partial charge >= 0.3 is 0 Å². The molecular weight excluding hydrogens is 236 g/mol. The molecule has 0 unspecified atom stereocenters. The molecule has 0 spiro atoms. The van der Waals surface area contributed by atoms with Crippen LogP contribution in [0.3, 0.4) is 0 Å². The van der Waals surface area contributed by atoms with E-state index in [1.54, 1.807) is 0 Å². The van der Waals surface area contributed by atoms with E-state index in [1.165, 1.54) is 31.2 Å². The highest BCUT2D eigenvalue weighted by molar-refractivity contribution is 5.17. The van der Waals surface area contributed by atoms with Gasteiger partial charge in [-0.3, -0.25) is 4.90 Å². The Hall–Kier alpha value is -0.800. The highest BCUT2D eigenvalue weighted by Gasteiger charge is 2.21. The summed E-state index contributed by atoms with van der Waals surface area (Å²) in [4.78, 5) is 2.45. The second kappa shape index (κ2) is 6.10. The first-order valence-electron chi connectivity index (χ1n) is 7.46. The van der Waals surface area contributed by atoms with Crippen molar-refractivity contribution < 1.29 is 4.42 Å². The Morgan fingerprint density at radius 1 is 1.32 bits per heavy atom. The standard InChI is InChI=1S/C16H28N2O/c1-16(2,3)17-11-13-9-10-19-15(13)12-18(4)14-7-5-6-8-14/h9-10,14,17H,5-8,11-12H2,1-4H3. The fourth-order valence-electron chi connectivity index (χ4n) is 2.72. The second-order valence-corrected chi connectivity index (χ2v) is 6.83. The van der Waals surface area contributed by atoms with Gasteiger partial charge in [-0.1, -0.05) is 12.8 Å². The summed E-state index contributed by atoms with van der Waals surface area (Å²) in [5.74, 6) is 1.12. The molecule has 108 valence electrons. The van der Waals surface area contributed by atoms with Gasteiger partial charge in [-0.15, -0.1) is 0 Å². The van der Waals surface area contributed by atoms with Crippen molar-refractivity contribution in [3.05, 3.63) is 23.7 Å². The van der Waals surface area contributed by atoms with Gasteiger partial charge in [0.05, 0.1) is 12.8 Å². The van der Waals surface area contributed by atoms with E-state index in [9.17, 15) is 0 Å². The molecule has 3 heteroatoms. The van der Waals surface area contributed by atoms with Gasteiger partial charge in [-0.2, -0.15) is 0 Å². The first-order valence-corrected chi connectivity index (χ1v) is 7.46. The molecule has 0 aliphatic heterocycles. The Kier molecular flexibility index (Phi) is 4.69. The highest BCUT2D eigenvalue weighted by atomic mass is 16.3. The van der Waals surface area contributed by atoms with Crippen LogP contribution in [0.15, 0.2) is 16.7 Å². The molecule has 0 amide bonds. The van der Waals surface area contributed by atoms with Gasteiger partial charge in [0, 0.05) is 23.7 Å². The summed E-state index contributed by atoms with van der Waals surface area (Å²) >= 11 is 0. The third-order valence-electron chi connectivity index (χ3n) is 3.99. The third-order valence-corrected chi connectivity index (χ3v) is 3.99. The van der Waals surface area contributed by atoms with E-state index >= 15 is 0 Å². The van der Waals surface area contributed by atoms with Crippen LogP contribution in [0.5, 0.6) is 0 Å². The molecule has 1 aliphatic rings. The van der Waals surface area contributed by atoms with Gasteiger partial charge in [0.25, 0.3) is 0 Å². The Morgan fingerprint density at radius 2 is 2.00 bits per heavy atom. The van der Waals surface area contributed by atoms with E-state index in [-0.39, 0.29) is 5.54 Å². The van der Waals surface area contributed by atoms with Gasteiger partial charge < -0.3 is 9.73 Å². The van der Waals surface area contributed by atoms with Crippen molar-refractivity contribution >= 4 is 0 Å². The lowest BCUT2D eigenvalue weighted by Gasteiger charge is -2.24. The largest absolute Gasteiger partial charge is 0.468 e. The topological polar surface area (TPSA) is 28.4 Å². The van der Waals surface area contributed by atoms with Crippen molar-refractivity contribution in [3.8, 4) is 0 Å². The average molecular weight is 264 g/mol. The normalized spacial score (nSPS) is 17.5. The van der Waals surface area contributed by atoms with Gasteiger partial charge in [0.15, 0.2) is 0 Å². The number of rotatable bonds is 5. The van der Waals surface area contributed by atoms with E-state index < -0.39 is 0 Å². The molecule has 1 aliphatic carbocycles. The maximum Gasteiger partial charge on any atom is 0.122 e. The van der Waals surface area contributed by atoms with Crippen LogP contribution in [0.2, 0.25) is 0 Å². The van der Waals surface area contributed by atoms with E-state index in [2.05, 4.69) is 44.1 Å². The molecule has 1 aromatic rings. The molecule has 1 saturated carbocycles. The van der Waals surface area contributed by atoms with Gasteiger partial charge in [-0.25, -0.2) is 0 Å². The summed E-state index contributed by atoms with van der Waals surface area (Å²) in [5.41, 5.74) is 1.44. The summed E-state index contributed by atoms with van der Waals surface area (Å²) in [6, 6.07) is 2.84. The van der Waals surface area contributed by atoms with E-state index in [0.717, 1.165) is 24.9 Å². The molecule has 2 rings (SSSR count). The average Bonchev–Trinajstić information content (AvgIpc) is 2.96. The zero-order chi connectivity index (χ0) is 13.9. The minimum Gasteiger partial charge on any atom is -0.468 e. The smallest absolute Gasteiger partial charge is 0.122 e. The zero-order valence-electron chi connectivity index (χ0n) is 12.8. The third kappa shape index (κ3) is 4.36. The van der Waals surface area contributed by atoms with Crippen molar-refractivity contribution in [2.45, 2.75) is 71.1 Å². The van der Waals surface area contributed by atoms with E-state index in [0.29, 0.717) is 0 Å². The number of hydrogen-bond donors (Lipinski definition) is 1. The molecule has 0 saturated heterocycles. The fourth-order valence-corrected chi connectivity index (χ4v) is 2.72. The number of nitrogens with one attached hydrogen (secondary N) is 1. The molecule has 1 N–H and O–H groups in total. The van der Waals surface area contributed by atoms with Gasteiger partial charge in [0.2, 0.25) is 0 Å². The zero-order valence-corrected chi connectivity index (χ0v) is 12.8. The Balaban J connectivity index is 1.91. The van der Waals surface area contributed by atoms with Crippen LogP contribution < -0.4 is 5.32 Å². The fraction of sp³-hybridized carbons (Fsp3) is 0.750. The maximum absolute atomic E-state index is 5.68. The Bertz CT molecular complexity index is 386. The number of furan rings is 1. The van der Waals surface area contributed by atoms with Crippen LogP contribution in [-0.4, -0.2) is 23.5 Å². The summed E-state index contributed by atoms with van der Waals surface area (Å²) < 4.78 is 5.68.